The first-order valence-corrected chi connectivity index (χ1v) is 20.0. The van der Waals surface area contributed by atoms with E-state index in [1.165, 1.54) is 0 Å². The number of benzene rings is 4. The lowest BCUT2D eigenvalue weighted by molar-refractivity contribution is -0.134. The van der Waals surface area contributed by atoms with E-state index in [0.29, 0.717) is 46.4 Å². The molecule has 0 aliphatic carbocycles. The highest BCUT2D eigenvalue weighted by atomic mass is 16.2. The molecule has 4 rings (SSSR count). The number of carbonyl (C=O) groups excluding carboxylic acids is 4. The van der Waals surface area contributed by atoms with Crippen LogP contribution in [-0.2, 0) is 19.2 Å². The molecule has 0 spiro atoms. The van der Waals surface area contributed by atoms with Crippen molar-refractivity contribution in [3.8, 4) is 0 Å². The number of aryl methyl sites for hydroxylation is 4. The molecule has 2 atom stereocenters. The first-order chi connectivity index (χ1) is 26.3. The standard InChI is InChI=1S/C48H62N4O4/c1-27(2)35-13-17-41(31(9)21-35)49-45(53)25-39(47(55)51-43-19-15-37(29(5)6)23-33(43)11)40(48(56)52-44-20-16-38(30(7)8)24-34(44)12)26-46(54)50-42-18-14-36(28(3)4)22-32(42)10/h13-24,27-30,39-40H,25-26H2,1-12H3,(H,49,53)(H,50,54)(H,51,55)(H,52,56). The van der Waals surface area contributed by atoms with Crippen molar-refractivity contribution < 1.29 is 19.2 Å². The van der Waals surface area contributed by atoms with Crippen molar-refractivity contribution in [2.45, 2.75) is 120 Å². The van der Waals surface area contributed by atoms with Gasteiger partial charge in [-0.05, 0) is 120 Å². The Labute approximate surface area is 334 Å². The van der Waals surface area contributed by atoms with Crippen molar-refractivity contribution in [3.05, 3.63) is 117 Å². The first-order valence-electron chi connectivity index (χ1n) is 20.0. The van der Waals surface area contributed by atoms with Gasteiger partial charge < -0.3 is 21.3 Å². The Balaban J connectivity index is 1.75. The van der Waals surface area contributed by atoms with Crippen LogP contribution in [0.1, 0.15) is 136 Å². The topological polar surface area (TPSA) is 116 Å². The largest absolute Gasteiger partial charge is 0.326 e. The number of hydrogen-bond acceptors (Lipinski definition) is 4. The molecule has 4 N–H and O–H groups in total. The van der Waals surface area contributed by atoms with E-state index < -0.39 is 35.5 Å². The van der Waals surface area contributed by atoms with Gasteiger partial charge in [0.2, 0.25) is 23.6 Å². The molecule has 0 saturated heterocycles. The van der Waals surface area contributed by atoms with E-state index in [1.54, 1.807) is 0 Å². The molecule has 0 saturated carbocycles. The molecule has 4 aromatic carbocycles. The molecular formula is C48H62N4O4. The normalized spacial score (nSPS) is 12.5. The van der Waals surface area contributed by atoms with Gasteiger partial charge in [0.05, 0.1) is 11.8 Å². The van der Waals surface area contributed by atoms with E-state index in [4.69, 9.17) is 0 Å². The Bertz CT molecular complexity index is 1920. The molecule has 0 aliphatic rings. The smallest absolute Gasteiger partial charge is 0.228 e. The van der Waals surface area contributed by atoms with Crippen LogP contribution in [0.25, 0.3) is 0 Å². The molecule has 0 aromatic heterocycles. The van der Waals surface area contributed by atoms with Crippen molar-refractivity contribution in [1.82, 2.24) is 0 Å². The van der Waals surface area contributed by atoms with Gasteiger partial charge in [0, 0.05) is 35.6 Å². The van der Waals surface area contributed by atoms with E-state index in [2.05, 4.69) is 76.7 Å². The summed E-state index contributed by atoms with van der Waals surface area (Å²) < 4.78 is 0. The fourth-order valence-corrected chi connectivity index (χ4v) is 6.83. The second kappa shape index (κ2) is 19.1. The van der Waals surface area contributed by atoms with Gasteiger partial charge in [-0.25, -0.2) is 0 Å². The van der Waals surface area contributed by atoms with Crippen molar-refractivity contribution in [2.75, 3.05) is 21.3 Å². The first kappa shape index (κ1) is 43.5. The minimum Gasteiger partial charge on any atom is -0.326 e. The summed E-state index contributed by atoms with van der Waals surface area (Å²) in [6.07, 6.45) is -0.668. The quantitative estimate of drug-likeness (QED) is 0.0965. The van der Waals surface area contributed by atoms with Crippen molar-refractivity contribution in [2.24, 2.45) is 11.8 Å². The highest BCUT2D eigenvalue weighted by Gasteiger charge is 2.38. The summed E-state index contributed by atoms with van der Waals surface area (Å²) in [7, 11) is 0. The molecule has 4 aromatic rings. The summed E-state index contributed by atoms with van der Waals surface area (Å²) >= 11 is 0. The SMILES string of the molecule is Cc1cc(C(C)C)ccc1NC(=O)CC(C(=O)Nc1ccc(C(C)C)cc1C)C(CC(=O)Nc1ccc(C(C)C)cc1C)C(=O)Nc1ccc(C(C)C)cc1C. The van der Waals surface area contributed by atoms with Crippen LogP contribution in [0.2, 0.25) is 0 Å². The van der Waals surface area contributed by atoms with E-state index in [-0.39, 0.29) is 12.8 Å². The Morgan fingerprint density at radius 3 is 0.839 bits per heavy atom. The second-order valence-corrected chi connectivity index (χ2v) is 16.6. The summed E-state index contributed by atoms with van der Waals surface area (Å²) in [5.41, 5.74) is 10.4. The number of hydrogen-bond donors (Lipinski definition) is 4. The third kappa shape index (κ3) is 11.4. The lowest BCUT2D eigenvalue weighted by atomic mass is 9.84. The van der Waals surface area contributed by atoms with Gasteiger partial charge in [-0.2, -0.15) is 0 Å². The Morgan fingerprint density at radius 2 is 0.625 bits per heavy atom. The lowest BCUT2D eigenvalue weighted by Gasteiger charge is -2.26. The van der Waals surface area contributed by atoms with Crippen LogP contribution >= 0.6 is 0 Å². The highest BCUT2D eigenvalue weighted by Crippen LogP contribution is 2.31. The lowest BCUT2D eigenvalue weighted by Crippen LogP contribution is -2.41. The molecule has 2 unspecified atom stereocenters. The fourth-order valence-electron chi connectivity index (χ4n) is 6.83. The molecule has 0 heterocycles. The van der Waals surface area contributed by atoms with E-state index in [0.717, 1.165) is 44.5 Å². The van der Waals surface area contributed by atoms with Gasteiger partial charge in [-0.1, -0.05) is 104 Å². The van der Waals surface area contributed by atoms with Crippen LogP contribution in [0, 0.1) is 39.5 Å². The predicted octanol–water partition coefficient (Wildman–Crippen LogP) is 11.3. The third-order valence-corrected chi connectivity index (χ3v) is 10.7. The highest BCUT2D eigenvalue weighted by molar-refractivity contribution is 6.05. The maximum absolute atomic E-state index is 14.5. The van der Waals surface area contributed by atoms with Crippen LogP contribution in [0.3, 0.4) is 0 Å². The molecule has 0 aliphatic heterocycles. The van der Waals surface area contributed by atoms with Crippen LogP contribution in [0.4, 0.5) is 22.7 Å². The summed E-state index contributed by atoms with van der Waals surface area (Å²) in [6.45, 7) is 24.5. The summed E-state index contributed by atoms with van der Waals surface area (Å²) in [5, 5.41) is 12.0. The molecule has 0 bridgehead atoms. The summed E-state index contributed by atoms with van der Waals surface area (Å²) in [4.78, 5) is 57.0. The number of carbonyl (C=O) groups is 4. The maximum Gasteiger partial charge on any atom is 0.228 e. The average molecular weight is 759 g/mol. The van der Waals surface area contributed by atoms with E-state index >= 15 is 0 Å². The number of rotatable bonds is 15. The molecule has 8 nitrogen and oxygen atoms in total. The van der Waals surface area contributed by atoms with Crippen molar-refractivity contribution in [1.29, 1.82) is 0 Å². The molecule has 0 fully saturated rings. The second-order valence-electron chi connectivity index (χ2n) is 16.6. The van der Waals surface area contributed by atoms with Gasteiger partial charge in [0.25, 0.3) is 0 Å². The van der Waals surface area contributed by atoms with Gasteiger partial charge in [0.1, 0.15) is 0 Å². The third-order valence-electron chi connectivity index (χ3n) is 10.7. The number of amides is 4. The number of anilines is 4. The van der Waals surface area contributed by atoms with Gasteiger partial charge in [0.15, 0.2) is 0 Å². The van der Waals surface area contributed by atoms with Gasteiger partial charge >= 0.3 is 0 Å². The Hall–Kier alpha value is -5.24. The molecule has 298 valence electrons. The van der Waals surface area contributed by atoms with Gasteiger partial charge in [-0.3, -0.25) is 19.2 Å². The van der Waals surface area contributed by atoms with E-state index in [9.17, 15) is 19.2 Å². The Morgan fingerprint density at radius 1 is 0.393 bits per heavy atom. The predicted molar refractivity (Wildman–Crippen MR) is 232 cm³/mol. The summed E-state index contributed by atoms with van der Waals surface area (Å²) in [5.74, 6) is -3.12. The molecule has 56 heavy (non-hydrogen) atoms. The average Bonchev–Trinajstić information content (AvgIpc) is 3.12. The minimum atomic E-state index is -1.21. The molecular weight excluding hydrogens is 697 g/mol. The fraction of sp³-hybridized carbons (Fsp3) is 0.417. The van der Waals surface area contributed by atoms with Crippen molar-refractivity contribution in [3.63, 3.8) is 0 Å². The van der Waals surface area contributed by atoms with Crippen LogP contribution in [-0.4, -0.2) is 23.6 Å². The number of nitrogens with one attached hydrogen (secondary N) is 4. The van der Waals surface area contributed by atoms with Crippen LogP contribution in [0.5, 0.6) is 0 Å². The monoisotopic (exact) mass is 758 g/mol. The van der Waals surface area contributed by atoms with Crippen LogP contribution in [0.15, 0.2) is 72.8 Å². The van der Waals surface area contributed by atoms with Crippen molar-refractivity contribution >= 4 is 46.4 Å². The molecule has 8 heteroatoms. The molecule has 0 radical (unpaired) electrons. The zero-order chi connectivity index (χ0) is 41.4. The Kier molecular flexibility index (Phi) is 14.8. The minimum absolute atomic E-state index is 0.294. The zero-order valence-corrected chi connectivity index (χ0v) is 35.4. The van der Waals surface area contributed by atoms with Crippen LogP contribution < -0.4 is 21.3 Å². The van der Waals surface area contributed by atoms with E-state index in [1.807, 2.05) is 100 Å². The zero-order valence-electron chi connectivity index (χ0n) is 35.4. The van der Waals surface area contributed by atoms with Gasteiger partial charge in [-0.15, -0.1) is 0 Å². The summed E-state index contributed by atoms with van der Waals surface area (Å²) in [6, 6.07) is 23.5. The molecule has 4 amide bonds. The maximum atomic E-state index is 14.5.